The van der Waals surface area contributed by atoms with Crippen molar-refractivity contribution < 1.29 is 27.7 Å². The van der Waals surface area contributed by atoms with Crippen LogP contribution in [0.25, 0.3) is 0 Å². The highest BCUT2D eigenvalue weighted by Gasteiger charge is 2.26. The summed E-state index contributed by atoms with van der Waals surface area (Å²) in [7, 11) is 1.73. The molecule has 0 bridgehead atoms. The Morgan fingerprint density at radius 1 is 1.56 bits per heavy atom. The second-order valence-electron chi connectivity index (χ2n) is 4.44. The van der Waals surface area contributed by atoms with Crippen molar-refractivity contribution >= 4 is 6.09 Å². The number of halogens is 1. The molecule has 5 heteroatoms. The standard InChI is InChI=1S/C13H18N2O2.ClH/c1-3-15(2)13(16)17-12-6-4-5-9-10(12)7-8-11(9)14;/h4-6,11H,3,7-8,14H2,1-2H3;1H. The Kier molecular flexibility index (Phi) is 4.99. The van der Waals surface area contributed by atoms with E-state index in [0.717, 1.165) is 18.4 Å². The number of nitrogens with zero attached hydrogens (tertiary/aromatic N) is 1. The summed E-state index contributed by atoms with van der Waals surface area (Å²) >= 11 is 0. The number of amides is 1. The zero-order chi connectivity index (χ0) is 12.4. The molecule has 3 N–H and O–H groups in total. The molecule has 0 fully saturated rings. The predicted molar refractivity (Wildman–Crippen MR) is 64.7 cm³/mol. The number of fused-ring (bicyclic) bond motifs is 1. The quantitative estimate of drug-likeness (QED) is 0.702. The number of carbonyl (C=O) groups is 1. The van der Waals surface area contributed by atoms with Crippen LogP contribution in [0.2, 0.25) is 0 Å². The minimum atomic E-state index is -0.298. The van der Waals surface area contributed by atoms with E-state index in [4.69, 9.17) is 4.74 Å². The summed E-state index contributed by atoms with van der Waals surface area (Å²) in [6.07, 6.45) is 1.68. The van der Waals surface area contributed by atoms with Gasteiger partial charge in [-0.15, -0.1) is 0 Å². The van der Waals surface area contributed by atoms with Crippen LogP contribution >= 0.6 is 0 Å². The van der Waals surface area contributed by atoms with E-state index in [0.29, 0.717) is 18.3 Å². The molecule has 0 aliphatic heterocycles. The monoisotopic (exact) mass is 270 g/mol. The third-order valence-electron chi connectivity index (χ3n) is 3.34. The SMILES string of the molecule is CCN(C)C(=O)Oc1cccc2c1CCC2[NH3+].[Cl-]. The molecule has 0 saturated carbocycles. The van der Waals surface area contributed by atoms with Crippen LogP contribution in [0.15, 0.2) is 18.2 Å². The largest absolute Gasteiger partial charge is 1.00 e. The van der Waals surface area contributed by atoms with E-state index >= 15 is 0 Å². The van der Waals surface area contributed by atoms with Gasteiger partial charge in [0.25, 0.3) is 0 Å². The van der Waals surface area contributed by atoms with E-state index in [1.165, 1.54) is 5.56 Å². The normalized spacial score (nSPS) is 16.7. The van der Waals surface area contributed by atoms with Crippen LogP contribution in [0.1, 0.15) is 30.5 Å². The Labute approximate surface area is 114 Å². The Morgan fingerprint density at radius 3 is 2.94 bits per heavy atom. The minimum Gasteiger partial charge on any atom is -1.00 e. The number of hydrogen-bond acceptors (Lipinski definition) is 2. The van der Waals surface area contributed by atoms with Gasteiger partial charge in [0.1, 0.15) is 11.8 Å². The topological polar surface area (TPSA) is 57.2 Å². The molecule has 0 spiro atoms. The molecule has 0 aromatic heterocycles. The first-order chi connectivity index (χ1) is 8.13. The zero-order valence-electron chi connectivity index (χ0n) is 10.8. The number of benzene rings is 1. The number of carbonyl (C=O) groups excluding carboxylic acids is 1. The Hall–Kier alpha value is -1.26. The first-order valence-electron chi connectivity index (χ1n) is 6.01. The summed E-state index contributed by atoms with van der Waals surface area (Å²) in [5.41, 5.74) is 6.46. The Morgan fingerprint density at radius 2 is 2.28 bits per heavy atom. The summed E-state index contributed by atoms with van der Waals surface area (Å²) in [6, 6.07) is 6.18. The second kappa shape index (κ2) is 6.07. The van der Waals surface area contributed by atoms with E-state index in [9.17, 15) is 4.79 Å². The zero-order valence-corrected chi connectivity index (χ0v) is 11.5. The van der Waals surface area contributed by atoms with Gasteiger partial charge in [-0.25, -0.2) is 4.79 Å². The van der Waals surface area contributed by atoms with Crippen LogP contribution in [0, 0.1) is 0 Å². The van der Waals surface area contributed by atoms with Crippen LogP contribution < -0.4 is 22.9 Å². The van der Waals surface area contributed by atoms with Crippen molar-refractivity contribution in [2.75, 3.05) is 13.6 Å². The van der Waals surface area contributed by atoms with Crippen LogP contribution in [-0.4, -0.2) is 24.6 Å². The van der Waals surface area contributed by atoms with Gasteiger partial charge in [0.2, 0.25) is 0 Å². The van der Waals surface area contributed by atoms with Crippen LogP contribution in [0.4, 0.5) is 4.79 Å². The summed E-state index contributed by atoms with van der Waals surface area (Å²) in [6.45, 7) is 2.56. The lowest BCUT2D eigenvalue weighted by Gasteiger charge is -2.15. The summed E-state index contributed by atoms with van der Waals surface area (Å²) in [5.74, 6) is 0.693. The molecule has 1 amide bonds. The molecule has 18 heavy (non-hydrogen) atoms. The molecule has 1 aliphatic rings. The van der Waals surface area contributed by atoms with Gasteiger partial charge in [0.15, 0.2) is 0 Å². The second-order valence-corrected chi connectivity index (χ2v) is 4.44. The summed E-state index contributed by atoms with van der Waals surface area (Å²) in [4.78, 5) is 13.3. The third-order valence-corrected chi connectivity index (χ3v) is 3.34. The summed E-state index contributed by atoms with van der Waals surface area (Å²) in [5, 5.41) is 0. The smallest absolute Gasteiger partial charge is 0.414 e. The highest BCUT2D eigenvalue weighted by Crippen LogP contribution is 2.34. The fourth-order valence-electron chi connectivity index (χ4n) is 2.10. The number of hydrogen-bond donors (Lipinski definition) is 1. The molecular weight excluding hydrogens is 252 g/mol. The molecule has 0 radical (unpaired) electrons. The van der Waals surface area contributed by atoms with Gasteiger partial charge in [-0.05, 0) is 19.4 Å². The van der Waals surface area contributed by atoms with Gasteiger partial charge in [-0.2, -0.15) is 0 Å². The molecule has 1 unspecified atom stereocenters. The highest BCUT2D eigenvalue weighted by atomic mass is 35.5. The molecule has 1 aromatic rings. The number of quaternary nitrogens is 1. The van der Waals surface area contributed by atoms with Crippen molar-refractivity contribution in [2.45, 2.75) is 25.8 Å². The summed E-state index contributed by atoms with van der Waals surface area (Å²) < 4.78 is 5.42. The van der Waals surface area contributed by atoms with E-state index in [1.807, 2.05) is 19.1 Å². The lowest BCUT2D eigenvalue weighted by molar-refractivity contribution is -0.425. The molecule has 2 rings (SSSR count). The van der Waals surface area contributed by atoms with E-state index < -0.39 is 0 Å². The molecule has 0 heterocycles. The van der Waals surface area contributed by atoms with Crippen molar-refractivity contribution in [2.24, 2.45) is 0 Å². The molecular formula is C13H19ClN2O2. The number of rotatable bonds is 2. The average Bonchev–Trinajstić information content (AvgIpc) is 2.71. The van der Waals surface area contributed by atoms with Gasteiger partial charge in [0.05, 0.1) is 0 Å². The van der Waals surface area contributed by atoms with Crippen molar-refractivity contribution in [3.63, 3.8) is 0 Å². The molecule has 1 aromatic carbocycles. The predicted octanol–water partition coefficient (Wildman–Crippen LogP) is -1.63. The van der Waals surface area contributed by atoms with Gasteiger partial charge in [-0.1, -0.05) is 12.1 Å². The van der Waals surface area contributed by atoms with E-state index in [-0.39, 0.29) is 18.5 Å². The lowest BCUT2D eigenvalue weighted by atomic mass is 10.1. The van der Waals surface area contributed by atoms with Crippen LogP contribution in [0.3, 0.4) is 0 Å². The lowest BCUT2D eigenvalue weighted by Crippen LogP contribution is -3.00. The van der Waals surface area contributed by atoms with Crippen LogP contribution in [0.5, 0.6) is 5.75 Å². The van der Waals surface area contributed by atoms with Gasteiger partial charge >= 0.3 is 6.09 Å². The maximum Gasteiger partial charge on any atom is 0.414 e. The molecule has 100 valence electrons. The first kappa shape index (κ1) is 14.8. The van der Waals surface area contributed by atoms with Crippen molar-refractivity contribution in [1.82, 2.24) is 4.90 Å². The average molecular weight is 271 g/mol. The van der Waals surface area contributed by atoms with E-state index in [2.05, 4.69) is 11.8 Å². The molecule has 1 aliphatic carbocycles. The Balaban J connectivity index is 0.00000162. The van der Waals surface area contributed by atoms with Crippen molar-refractivity contribution in [3.05, 3.63) is 29.3 Å². The van der Waals surface area contributed by atoms with Gasteiger partial charge in [-0.3, -0.25) is 0 Å². The molecule has 1 atom stereocenters. The fraction of sp³-hybridized carbons (Fsp3) is 0.462. The number of ether oxygens (including phenoxy) is 1. The van der Waals surface area contributed by atoms with Crippen LogP contribution in [-0.2, 0) is 6.42 Å². The molecule has 4 nitrogen and oxygen atoms in total. The molecule has 0 saturated heterocycles. The maximum absolute atomic E-state index is 11.7. The Bertz CT molecular complexity index is 437. The van der Waals surface area contributed by atoms with Gasteiger partial charge in [0, 0.05) is 31.1 Å². The maximum atomic E-state index is 11.7. The highest BCUT2D eigenvalue weighted by molar-refractivity contribution is 5.71. The fourth-order valence-corrected chi connectivity index (χ4v) is 2.10. The third kappa shape index (κ3) is 2.76. The van der Waals surface area contributed by atoms with Crippen molar-refractivity contribution in [3.8, 4) is 5.75 Å². The van der Waals surface area contributed by atoms with E-state index in [1.54, 1.807) is 11.9 Å². The minimum absolute atomic E-state index is 0. The first-order valence-corrected chi connectivity index (χ1v) is 6.01. The van der Waals surface area contributed by atoms with Crippen molar-refractivity contribution in [1.29, 1.82) is 0 Å². The van der Waals surface area contributed by atoms with Gasteiger partial charge < -0.3 is 27.8 Å².